The summed E-state index contributed by atoms with van der Waals surface area (Å²) in [6, 6.07) is 16.2. The maximum absolute atomic E-state index is 11.7. The molecular formula is C48H76O4S3. The zero-order valence-electron chi connectivity index (χ0n) is 35.2. The summed E-state index contributed by atoms with van der Waals surface area (Å²) in [6.45, 7) is 8.34. The first-order valence-electron chi connectivity index (χ1n) is 22.5. The molecule has 4 unspecified atom stereocenters. The van der Waals surface area contributed by atoms with Crippen LogP contribution < -0.4 is 9.47 Å². The molecule has 1 aliphatic heterocycles. The molecule has 55 heavy (non-hydrogen) atoms. The van der Waals surface area contributed by atoms with E-state index >= 15 is 0 Å². The Morgan fingerprint density at radius 1 is 0.473 bits per heavy atom. The third kappa shape index (κ3) is 21.1. The molecule has 1 saturated heterocycles. The van der Waals surface area contributed by atoms with Gasteiger partial charge in [0.15, 0.2) is 0 Å². The minimum atomic E-state index is -0.168. The molecule has 310 valence electrons. The fourth-order valence-corrected chi connectivity index (χ4v) is 13.9. The first-order valence-corrected chi connectivity index (χ1v) is 25.7. The summed E-state index contributed by atoms with van der Waals surface area (Å²) in [4.78, 5) is 23.4. The minimum Gasteiger partial charge on any atom is -0.427 e. The number of unbranched alkanes of at least 4 members (excludes halogenated alkanes) is 14. The molecule has 2 aromatic carbocycles. The highest BCUT2D eigenvalue weighted by Gasteiger charge is 2.34. The first kappa shape index (κ1) is 47.8. The molecule has 0 saturated carbocycles. The van der Waals surface area contributed by atoms with Gasteiger partial charge in [-0.1, -0.05) is 176 Å². The fourth-order valence-electron chi connectivity index (χ4n) is 7.53. The zero-order valence-corrected chi connectivity index (χ0v) is 37.6. The van der Waals surface area contributed by atoms with Crippen molar-refractivity contribution in [1.82, 2.24) is 0 Å². The molecule has 0 spiro atoms. The summed E-state index contributed by atoms with van der Waals surface area (Å²) in [7, 11) is 4.58. The lowest BCUT2D eigenvalue weighted by molar-refractivity contribution is -0.134. The van der Waals surface area contributed by atoms with Gasteiger partial charge in [0.2, 0.25) is 0 Å². The summed E-state index contributed by atoms with van der Waals surface area (Å²) < 4.78 is 10.9. The number of thioether (sulfide) groups is 1. The van der Waals surface area contributed by atoms with Gasteiger partial charge in [-0.15, -0.1) is 0 Å². The number of hydrogen-bond donors (Lipinski definition) is 0. The summed E-state index contributed by atoms with van der Waals surface area (Å²) >= 11 is 2.43. The zero-order chi connectivity index (χ0) is 39.4. The van der Waals surface area contributed by atoms with Gasteiger partial charge in [-0.3, -0.25) is 9.59 Å². The fraction of sp³-hybridized carbons (Fsp3) is 0.708. The second-order valence-corrected chi connectivity index (χ2v) is 20.0. The van der Waals surface area contributed by atoms with Crippen molar-refractivity contribution in [2.75, 3.05) is 0 Å². The maximum atomic E-state index is 11.7. The topological polar surface area (TPSA) is 52.6 Å². The van der Waals surface area contributed by atoms with Crippen molar-refractivity contribution < 1.29 is 19.1 Å². The predicted molar refractivity (Wildman–Crippen MR) is 243 cm³/mol. The molecule has 0 aliphatic carbocycles. The van der Waals surface area contributed by atoms with Crippen molar-refractivity contribution in [3.8, 4) is 11.5 Å². The van der Waals surface area contributed by atoms with Crippen LogP contribution in [0.2, 0.25) is 0 Å². The summed E-state index contributed by atoms with van der Waals surface area (Å²) in [5.41, 5.74) is 2.54. The van der Waals surface area contributed by atoms with Gasteiger partial charge in [-0.25, -0.2) is 0 Å². The molecule has 7 heteroatoms. The molecule has 0 radical (unpaired) electrons. The Morgan fingerprint density at radius 2 is 0.836 bits per heavy atom. The molecule has 1 heterocycles. The van der Waals surface area contributed by atoms with E-state index in [-0.39, 0.29) is 11.9 Å². The number of ether oxygens (including phenoxy) is 2. The van der Waals surface area contributed by atoms with E-state index in [1.165, 1.54) is 152 Å². The number of carbonyl (C=O) groups excluding carboxylic acids is 2. The third-order valence-electron chi connectivity index (χ3n) is 10.9. The highest BCUT2D eigenvalue weighted by atomic mass is 33.1. The molecule has 1 fully saturated rings. The molecule has 0 amide bonds. The molecule has 0 N–H and O–H groups in total. The van der Waals surface area contributed by atoms with Gasteiger partial charge in [0.25, 0.3) is 0 Å². The van der Waals surface area contributed by atoms with E-state index in [9.17, 15) is 9.59 Å². The molecule has 3 rings (SSSR count). The Hall–Kier alpha value is -1.57. The van der Waals surface area contributed by atoms with Gasteiger partial charge in [-0.05, 0) is 86.8 Å². The van der Waals surface area contributed by atoms with Crippen molar-refractivity contribution in [2.24, 2.45) is 0 Å². The van der Waals surface area contributed by atoms with Crippen LogP contribution >= 0.6 is 33.3 Å². The van der Waals surface area contributed by atoms with Crippen molar-refractivity contribution in [2.45, 2.75) is 216 Å². The number of benzene rings is 2. The Morgan fingerprint density at radius 3 is 1.24 bits per heavy atom. The highest BCUT2D eigenvalue weighted by molar-refractivity contribution is 8.77. The van der Waals surface area contributed by atoms with Crippen LogP contribution in [-0.2, 0) is 22.4 Å². The SMILES string of the molecule is CCCCCCC1SC(CCCCCC)C(CCCCCCCc2cccc(OC(=O)CC)c2)SSC1CCCCCCCc1cccc(OC(=O)CC)c1. The van der Waals surface area contributed by atoms with Gasteiger partial charge in [0.05, 0.1) is 0 Å². The largest absolute Gasteiger partial charge is 0.427 e. The minimum absolute atomic E-state index is 0.168. The number of carbonyl (C=O) groups is 2. The number of hydrogen-bond acceptors (Lipinski definition) is 7. The maximum Gasteiger partial charge on any atom is 0.310 e. The summed E-state index contributed by atoms with van der Waals surface area (Å²) in [5.74, 6) is 1.02. The van der Waals surface area contributed by atoms with Crippen molar-refractivity contribution in [3.63, 3.8) is 0 Å². The normalized spacial score (nSPS) is 18.5. The number of rotatable bonds is 30. The average molecular weight is 813 g/mol. The lowest BCUT2D eigenvalue weighted by atomic mass is 10.0. The second-order valence-electron chi connectivity index (χ2n) is 15.7. The standard InChI is InChI=1S/C48H76O4S3/c1-5-9-11-21-33-43-45(35-23-17-13-15-19-27-39-29-25-31-41(37-39)51-47(49)7-3)54-55-46(44(53-43)34-22-12-10-6-2)36-24-18-14-16-20-28-40-30-26-32-42(38-40)52-48(50)8-4/h25-26,29-32,37-38,43-46H,5-24,27-28,33-36H2,1-4H3. The Balaban J connectivity index is 1.45. The van der Waals surface area contributed by atoms with Crippen LogP contribution in [0.15, 0.2) is 48.5 Å². The molecule has 4 nitrogen and oxygen atoms in total. The van der Waals surface area contributed by atoms with Crippen LogP contribution in [-0.4, -0.2) is 32.9 Å². The van der Waals surface area contributed by atoms with E-state index < -0.39 is 0 Å². The van der Waals surface area contributed by atoms with Crippen LogP contribution in [0, 0.1) is 0 Å². The first-order chi connectivity index (χ1) is 26.9. The molecule has 4 atom stereocenters. The number of esters is 2. The molecule has 2 aromatic rings. The van der Waals surface area contributed by atoms with Crippen molar-refractivity contribution in [3.05, 3.63) is 59.7 Å². The quantitative estimate of drug-likeness (QED) is 0.0337. The Kier molecular flexibility index (Phi) is 26.5. The second kappa shape index (κ2) is 30.5. The van der Waals surface area contributed by atoms with Crippen LogP contribution in [0.3, 0.4) is 0 Å². The molecule has 0 bridgehead atoms. The van der Waals surface area contributed by atoms with Gasteiger partial charge in [-0.2, -0.15) is 11.8 Å². The summed E-state index contributed by atoms with van der Waals surface area (Å²) in [5, 5.41) is 3.15. The van der Waals surface area contributed by atoms with Crippen molar-refractivity contribution in [1.29, 1.82) is 0 Å². The van der Waals surface area contributed by atoms with E-state index in [1.54, 1.807) is 0 Å². The predicted octanol–water partition coefficient (Wildman–Crippen LogP) is 15.3. The molecule has 0 aromatic heterocycles. The highest BCUT2D eigenvalue weighted by Crippen LogP contribution is 2.51. The lowest BCUT2D eigenvalue weighted by Gasteiger charge is -2.27. The van der Waals surface area contributed by atoms with E-state index in [4.69, 9.17) is 9.47 Å². The smallest absolute Gasteiger partial charge is 0.310 e. The Bertz CT molecular complexity index is 1200. The van der Waals surface area contributed by atoms with Crippen LogP contribution in [0.1, 0.15) is 193 Å². The lowest BCUT2D eigenvalue weighted by Crippen LogP contribution is -2.24. The Labute approximate surface area is 349 Å². The summed E-state index contributed by atoms with van der Waals surface area (Å²) in [6.07, 6.45) is 32.4. The van der Waals surface area contributed by atoms with Gasteiger partial charge >= 0.3 is 11.9 Å². The average Bonchev–Trinajstić information content (AvgIpc) is 3.35. The van der Waals surface area contributed by atoms with Crippen molar-refractivity contribution >= 4 is 45.3 Å². The van der Waals surface area contributed by atoms with E-state index in [2.05, 4.69) is 59.3 Å². The number of aryl methyl sites for hydroxylation is 2. The van der Waals surface area contributed by atoms with Gasteiger partial charge in [0.1, 0.15) is 11.5 Å². The van der Waals surface area contributed by atoms with Crippen LogP contribution in [0.25, 0.3) is 0 Å². The van der Waals surface area contributed by atoms with E-state index in [0.29, 0.717) is 24.3 Å². The third-order valence-corrected chi connectivity index (χ3v) is 16.6. The molecule has 1 aliphatic rings. The van der Waals surface area contributed by atoms with E-state index in [1.807, 2.05) is 50.2 Å². The van der Waals surface area contributed by atoms with Crippen LogP contribution in [0.5, 0.6) is 11.5 Å². The van der Waals surface area contributed by atoms with Crippen LogP contribution in [0.4, 0.5) is 0 Å². The van der Waals surface area contributed by atoms with Gasteiger partial charge < -0.3 is 9.47 Å². The molecular weight excluding hydrogens is 737 g/mol. The monoisotopic (exact) mass is 812 g/mol. The van der Waals surface area contributed by atoms with E-state index in [0.717, 1.165) is 33.8 Å². The van der Waals surface area contributed by atoms with Gasteiger partial charge in [0, 0.05) is 33.8 Å².